The maximum absolute atomic E-state index is 11.9. The summed E-state index contributed by atoms with van der Waals surface area (Å²) in [5, 5.41) is 20.2. The third kappa shape index (κ3) is 3.45. The van der Waals surface area contributed by atoms with E-state index in [4.69, 9.17) is 21.8 Å². The summed E-state index contributed by atoms with van der Waals surface area (Å²) in [4.78, 5) is 22.7. The first kappa shape index (κ1) is 14.5. The normalized spacial score (nSPS) is 11.9. The highest BCUT2D eigenvalue weighted by molar-refractivity contribution is 6.34. The maximum Gasteiger partial charge on any atom is 0.326 e. The number of nitrogens with one attached hydrogen (secondary N) is 1. The van der Waals surface area contributed by atoms with Gasteiger partial charge >= 0.3 is 5.97 Å². The second-order valence-corrected chi connectivity index (χ2v) is 4.19. The van der Waals surface area contributed by atoms with E-state index in [1.165, 1.54) is 6.07 Å². The van der Waals surface area contributed by atoms with Gasteiger partial charge in [0.15, 0.2) is 0 Å². The SMILES string of the molecule is Cc1cccc(C(=O)NC(CCO)C(=O)O)c1Cl. The Morgan fingerprint density at radius 1 is 1.44 bits per heavy atom. The molecule has 1 atom stereocenters. The second-order valence-electron chi connectivity index (χ2n) is 3.81. The molecule has 1 rings (SSSR count). The molecule has 1 aromatic carbocycles. The van der Waals surface area contributed by atoms with Crippen molar-refractivity contribution in [3.63, 3.8) is 0 Å². The number of amides is 1. The lowest BCUT2D eigenvalue weighted by atomic mass is 10.1. The van der Waals surface area contributed by atoms with Gasteiger partial charge < -0.3 is 15.5 Å². The molecule has 0 fully saturated rings. The fourth-order valence-corrected chi connectivity index (χ4v) is 1.66. The number of aliphatic hydroxyl groups excluding tert-OH is 1. The number of halogens is 1. The third-order valence-electron chi connectivity index (χ3n) is 2.46. The number of carbonyl (C=O) groups excluding carboxylic acids is 1. The first-order valence-corrected chi connectivity index (χ1v) is 5.74. The lowest BCUT2D eigenvalue weighted by Crippen LogP contribution is -2.41. The van der Waals surface area contributed by atoms with E-state index in [1.807, 2.05) is 0 Å². The summed E-state index contributed by atoms with van der Waals surface area (Å²) in [6.07, 6.45) is -0.0511. The first-order chi connectivity index (χ1) is 8.47. The van der Waals surface area contributed by atoms with Crippen LogP contribution in [0.4, 0.5) is 0 Å². The van der Waals surface area contributed by atoms with E-state index >= 15 is 0 Å². The Kier molecular flexibility index (Phi) is 5.12. The second kappa shape index (κ2) is 6.37. The van der Waals surface area contributed by atoms with Crippen LogP contribution in [0.3, 0.4) is 0 Å². The number of carboxylic acid groups (broad SMARTS) is 1. The van der Waals surface area contributed by atoms with Crippen molar-refractivity contribution in [2.45, 2.75) is 19.4 Å². The summed E-state index contributed by atoms with van der Waals surface area (Å²) in [6, 6.07) is 3.81. The molecule has 0 saturated carbocycles. The van der Waals surface area contributed by atoms with Gasteiger partial charge in [-0.2, -0.15) is 0 Å². The standard InChI is InChI=1S/C12H14ClNO4/c1-7-3-2-4-8(10(7)13)11(16)14-9(5-6-15)12(17)18/h2-4,9,15H,5-6H2,1H3,(H,14,16)(H,17,18). The number of benzene rings is 1. The first-order valence-electron chi connectivity index (χ1n) is 5.37. The molecule has 6 heteroatoms. The molecule has 1 aromatic rings. The highest BCUT2D eigenvalue weighted by Crippen LogP contribution is 2.20. The Balaban J connectivity index is 2.87. The van der Waals surface area contributed by atoms with E-state index in [0.717, 1.165) is 5.56 Å². The van der Waals surface area contributed by atoms with Crippen molar-refractivity contribution in [3.8, 4) is 0 Å². The van der Waals surface area contributed by atoms with E-state index in [2.05, 4.69) is 5.32 Å². The molecular formula is C12H14ClNO4. The van der Waals surface area contributed by atoms with Crippen LogP contribution in [0.1, 0.15) is 22.3 Å². The summed E-state index contributed by atoms with van der Waals surface area (Å²) in [6.45, 7) is 1.43. The molecule has 0 aromatic heterocycles. The number of hydrogen-bond donors (Lipinski definition) is 3. The van der Waals surface area contributed by atoms with Crippen LogP contribution in [0.2, 0.25) is 5.02 Å². The van der Waals surface area contributed by atoms with Gasteiger partial charge in [0.1, 0.15) is 6.04 Å². The molecule has 1 unspecified atom stereocenters. The smallest absolute Gasteiger partial charge is 0.326 e. The Morgan fingerprint density at radius 3 is 2.67 bits per heavy atom. The molecule has 0 bridgehead atoms. The molecule has 0 spiro atoms. The molecule has 18 heavy (non-hydrogen) atoms. The molecule has 0 radical (unpaired) electrons. The highest BCUT2D eigenvalue weighted by atomic mass is 35.5. The van der Waals surface area contributed by atoms with Gasteiger partial charge in [0.2, 0.25) is 0 Å². The van der Waals surface area contributed by atoms with Gasteiger partial charge in [-0.25, -0.2) is 4.79 Å². The minimum Gasteiger partial charge on any atom is -0.480 e. The lowest BCUT2D eigenvalue weighted by molar-refractivity contribution is -0.139. The molecule has 0 heterocycles. The quantitative estimate of drug-likeness (QED) is 0.751. The molecule has 0 saturated heterocycles. The van der Waals surface area contributed by atoms with Crippen LogP contribution in [0, 0.1) is 6.92 Å². The van der Waals surface area contributed by atoms with Crippen molar-refractivity contribution >= 4 is 23.5 Å². The average Bonchev–Trinajstić information content (AvgIpc) is 2.31. The molecule has 5 nitrogen and oxygen atoms in total. The predicted molar refractivity (Wildman–Crippen MR) is 66.8 cm³/mol. The Labute approximate surface area is 109 Å². The van der Waals surface area contributed by atoms with Crippen molar-refractivity contribution in [2.24, 2.45) is 0 Å². The number of carbonyl (C=O) groups is 2. The molecule has 3 N–H and O–H groups in total. The summed E-state index contributed by atoms with van der Waals surface area (Å²) < 4.78 is 0. The molecular weight excluding hydrogens is 258 g/mol. The summed E-state index contributed by atoms with van der Waals surface area (Å²) in [5.74, 6) is -1.76. The molecule has 0 aliphatic rings. The van der Waals surface area contributed by atoms with Gasteiger partial charge in [0.25, 0.3) is 5.91 Å². The van der Waals surface area contributed by atoms with Gasteiger partial charge in [0, 0.05) is 13.0 Å². The minimum atomic E-state index is -1.19. The van der Waals surface area contributed by atoms with Crippen LogP contribution in [0.25, 0.3) is 0 Å². The Bertz CT molecular complexity index is 461. The van der Waals surface area contributed by atoms with Crippen molar-refractivity contribution in [1.29, 1.82) is 0 Å². The van der Waals surface area contributed by atoms with Gasteiger partial charge in [-0.1, -0.05) is 23.7 Å². The summed E-state index contributed by atoms with van der Waals surface area (Å²) in [5.41, 5.74) is 0.958. The van der Waals surface area contributed by atoms with Gasteiger partial charge in [-0.15, -0.1) is 0 Å². The molecule has 0 aliphatic heterocycles. The summed E-state index contributed by atoms with van der Waals surface area (Å²) >= 11 is 5.97. The number of carboxylic acids is 1. The van der Waals surface area contributed by atoms with E-state index in [0.29, 0.717) is 5.02 Å². The van der Waals surface area contributed by atoms with E-state index in [-0.39, 0.29) is 18.6 Å². The van der Waals surface area contributed by atoms with Crippen LogP contribution in [-0.4, -0.2) is 34.7 Å². The zero-order chi connectivity index (χ0) is 13.7. The fraction of sp³-hybridized carbons (Fsp3) is 0.333. The largest absolute Gasteiger partial charge is 0.480 e. The number of aliphatic hydroxyl groups is 1. The van der Waals surface area contributed by atoms with Gasteiger partial charge in [-0.3, -0.25) is 4.79 Å². The van der Waals surface area contributed by atoms with Crippen molar-refractivity contribution in [2.75, 3.05) is 6.61 Å². The van der Waals surface area contributed by atoms with Gasteiger partial charge in [0.05, 0.1) is 10.6 Å². The summed E-state index contributed by atoms with van der Waals surface area (Å²) in [7, 11) is 0. The van der Waals surface area contributed by atoms with Gasteiger partial charge in [-0.05, 0) is 18.6 Å². The molecule has 98 valence electrons. The van der Waals surface area contributed by atoms with Crippen LogP contribution >= 0.6 is 11.6 Å². The van der Waals surface area contributed by atoms with Crippen molar-refractivity contribution in [3.05, 3.63) is 34.3 Å². The number of hydrogen-bond acceptors (Lipinski definition) is 3. The molecule has 0 aliphatic carbocycles. The van der Waals surface area contributed by atoms with E-state index in [1.54, 1.807) is 19.1 Å². The number of rotatable bonds is 5. The van der Waals surface area contributed by atoms with E-state index < -0.39 is 17.9 Å². The van der Waals surface area contributed by atoms with Crippen molar-refractivity contribution < 1.29 is 19.8 Å². The topological polar surface area (TPSA) is 86.6 Å². The Hall–Kier alpha value is -1.59. The minimum absolute atomic E-state index is 0.0511. The number of aliphatic carboxylic acids is 1. The third-order valence-corrected chi connectivity index (χ3v) is 2.96. The maximum atomic E-state index is 11.9. The zero-order valence-corrected chi connectivity index (χ0v) is 10.6. The van der Waals surface area contributed by atoms with E-state index in [9.17, 15) is 9.59 Å². The van der Waals surface area contributed by atoms with Crippen molar-refractivity contribution in [1.82, 2.24) is 5.32 Å². The molecule has 1 amide bonds. The fourth-order valence-electron chi connectivity index (χ4n) is 1.45. The van der Waals surface area contributed by atoms with Crippen LogP contribution in [0.15, 0.2) is 18.2 Å². The van der Waals surface area contributed by atoms with Crippen LogP contribution in [-0.2, 0) is 4.79 Å². The predicted octanol–water partition coefficient (Wildman–Crippen LogP) is 1.21. The van der Waals surface area contributed by atoms with Crippen LogP contribution in [0.5, 0.6) is 0 Å². The lowest BCUT2D eigenvalue weighted by Gasteiger charge is -2.14. The number of aryl methyl sites for hydroxylation is 1. The highest BCUT2D eigenvalue weighted by Gasteiger charge is 2.21. The average molecular weight is 272 g/mol. The Morgan fingerprint density at radius 2 is 2.11 bits per heavy atom. The monoisotopic (exact) mass is 271 g/mol. The van der Waals surface area contributed by atoms with Crippen LogP contribution < -0.4 is 5.32 Å². The zero-order valence-electron chi connectivity index (χ0n) is 9.81.